The van der Waals surface area contributed by atoms with Crippen LogP contribution < -0.4 is 0 Å². The number of halogens is 3. The van der Waals surface area contributed by atoms with E-state index in [0.29, 0.717) is 29.7 Å². The Labute approximate surface area is 223 Å². The highest BCUT2D eigenvalue weighted by Crippen LogP contribution is 2.25. The number of aliphatic carboxylic acids is 1. The lowest BCUT2D eigenvalue weighted by atomic mass is 10.1. The Morgan fingerprint density at radius 1 is 1.00 bits per heavy atom. The zero-order valence-electron chi connectivity index (χ0n) is 18.8. The van der Waals surface area contributed by atoms with Crippen LogP contribution in [0.1, 0.15) is 22.4 Å². The predicted molar refractivity (Wildman–Crippen MR) is 143 cm³/mol. The van der Waals surface area contributed by atoms with Crippen molar-refractivity contribution in [3.05, 3.63) is 122 Å². The van der Waals surface area contributed by atoms with Gasteiger partial charge < -0.3 is 9.67 Å². The molecule has 8 heteroatoms. The highest BCUT2D eigenvalue weighted by atomic mass is 79.9. The van der Waals surface area contributed by atoms with Gasteiger partial charge in [0.2, 0.25) is 0 Å². The summed E-state index contributed by atoms with van der Waals surface area (Å²) in [6, 6.07) is 22.4. The Morgan fingerprint density at radius 3 is 2.49 bits per heavy atom. The normalized spacial score (nSPS) is 12.1. The average molecular weight is 573 g/mol. The van der Waals surface area contributed by atoms with Crippen molar-refractivity contribution in [1.82, 2.24) is 14.5 Å². The molecule has 4 aromatic rings. The molecule has 0 aliphatic carbocycles. The number of carboxylic acid groups (broad SMARTS) is 1. The maximum Gasteiger partial charge on any atom is 0.321 e. The molecule has 0 unspecified atom stereocenters. The highest BCUT2D eigenvalue weighted by Gasteiger charge is 2.28. The van der Waals surface area contributed by atoms with E-state index in [4.69, 9.17) is 23.2 Å². The van der Waals surface area contributed by atoms with Crippen LogP contribution in [-0.2, 0) is 30.8 Å². The third-order valence-electron chi connectivity index (χ3n) is 5.69. The van der Waals surface area contributed by atoms with Gasteiger partial charge in [0.15, 0.2) is 0 Å². The van der Waals surface area contributed by atoms with Crippen LogP contribution in [0, 0.1) is 0 Å². The summed E-state index contributed by atoms with van der Waals surface area (Å²) in [6.07, 6.45) is 3.92. The summed E-state index contributed by atoms with van der Waals surface area (Å²) in [5, 5.41) is 11.3. The van der Waals surface area contributed by atoms with Gasteiger partial charge in [0.1, 0.15) is 6.04 Å². The van der Waals surface area contributed by atoms with E-state index in [9.17, 15) is 9.90 Å². The largest absolute Gasteiger partial charge is 0.480 e. The molecule has 1 aromatic heterocycles. The molecule has 0 saturated carbocycles. The van der Waals surface area contributed by atoms with Crippen molar-refractivity contribution >= 4 is 45.1 Å². The summed E-state index contributed by atoms with van der Waals surface area (Å²) < 4.78 is 2.91. The standard InChI is InChI=1S/C27H24BrCl2N3O2/c28-22-8-4-7-20(11-22)15-33(16-21-9-10-23(29)12-25(21)30)26(27(34)35)13-24-17-32(18-31-24)14-19-5-2-1-3-6-19/h1-12,17-18,26H,13-16H2,(H,34,35)/t26-/m0/s1. The van der Waals surface area contributed by atoms with E-state index in [1.54, 1.807) is 18.5 Å². The lowest BCUT2D eigenvalue weighted by molar-refractivity contribution is -0.143. The van der Waals surface area contributed by atoms with Crippen molar-refractivity contribution in [3.8, 4) is 0 Å². The minimum absolute atomic E-state index is 0.260. The molecule has 0 fully saturated rings. The molecule has 0 amide bonds. The molecule has 1 heterocycles. The Kier molecular flexibility index (Phi) is 8.63. The minimum Gasteiger partial charge on any atom is -0.480 e. The number of benzene rings is 3. The van der Waals surface area contributed by atoms with Crippen LogP contribution in [0.15, 0.2) is 89.8 Å². The summed E-state index contributed by atoms with van der Waals surface area (Å²) in [6.45, 7) is 1.46. The van der Waals surface area contributed by atoms with Gasteiger partial charge in [-0.2, -0.15) is 0 Å². The number of hydrogen-bond donors (Lipinski definition) is 1. The highest BCUT2D eigenvalue weighted by molar-refractivity contribution is 9.10. The molecule has 0 radical (unpaired) electrons. The lowest BCUT2D eigenvalue weighted by Gasteiger charge is -2.29. The Morgan fingerprint density at radius 2 is 1.77 bits per heavy atom. The molecule has 0 bridgehead atoms. The van der Waals surface area contributed by atoms with E-state index in [1.165, 1.54) is 0 Å². The van der Waals surface area contributed by atoms with Gasteiger partial charge in [-0.3, -0.25) is 9.69 Å². The van der Waals surface area contributed by atoms with Crippen LogP contribution in [0.25, 0.3) is 0 Å². The summed E-state index contributed by atoms with van der Waals surface area (Å²) in [5.41, 5.74) is 3.67. The van der Waals surface area contributed by atoms with Crippen molar-refractivity contribution < 1.29 is 9.90 Å². The Bertz CT molecular complexity index is 1300. The molecule has 4 rings (SSSR count). The predicted octanol–water partition coefficient (Wildman–Crippen LogP) is 6.70. The van der Waals surface area contributed by atoms with Gasteiger partial charge in [-0.05, 0) is 41.0 Å². The molecule has 0 aliphatic rings. The van der Waals surface area contributed by atoms with Gasteiger partial charge >= 0.3 is 5.97 Å². The van der Waals surface area contributed by atoms with Crippen LogP contribution in [0.4, 0.5) is 0 Å². The second-order valence-electron chi connectivity index (χ2n) is 8.35. The number of hydrogen-bond acceptors (Lipinski definition) is 3. The molecular weight excluding hydrogens is 549 g/mol. The third kappa shape index (κ3) is 7.18. The topological polar surface area (TPSA) is 58.4 Å². The van der Waals surface area contributed by atoms with E-state index in [1.807, 2.05) is 64.2 Å². The van der Waals surface area contributed by atoms with Crippen LogP contribution in [0.3, 0.4) is 0 Å². The first-order valence-electron chi connectivity index (χ1n) is 11.1. The van der Waals surface area contributed by atoms with Crippen LogP contribution in [0.2, 0.25) is 10.0 Å². The van der Waals surface area contributed by atoms with Gasteiger partial charge in [-0.25, -0.2) is 4.98 Å². The first-order valence-corrected chi connectivity index (χ1v) is 12.6. The first kappa shape index (κ1) is 25.5. The fraction of sp³-hybridized carbons (Fsp3) is 0.185. The van der Waals surface area contributed by atoms with Crippen LogP contribution in [0.5, 0.6) is 0 Å². The number of aromatic nitrogens is 2. The molecule has 35 heavy (non-hydrogen) atoms. The number of rotatable bonds is 10. The molecule has 0 aliphatic heterocycles. The Hall–Kier alpha value is -2.64. The maximum absolute atomic E-state index is 12.5. The minimum atomic E-state index is -0.914. The van der Waals surface area contributed by atoms with E-state index in [0.717, 1.165) is 26.9 Å². The van der Waals surface area contributed by atoms with E-state index in [2.05, 4.69) is 33.0 Å². The van der Waals surface area contributed by atoms with Crippen molar-refractivity contribution in [2.24, 2.45) is 0 Å². The number of imidazole rings is 1. The number of carboxylic acids is 1. The summed E-state index contributed by atoms with van der Waals surface area (Å²) in [5.74, 6) is -0.914. The molecule has 1 atom stereocenters. The smallest absolute Gasteiger partial charge is 0.321 e. The fourth-order valence-corrected chi connectivity index (χ4v) is 4.89. The summed E-state index contributed by atoms with van der Waals surface area (Å²) in [7, 11) is 0. The summed E-state index contributed by atoms with van der Waals surface area (Å²) >= 11 is 16.0. The van der Waals surface area contributed by atoms with Gasteiger partial charge in [-0.1, -0.05) is 87.7 Å². The molecule has 3 aromatic carbocycles. The van der Waals surface area contributed by atoms with Crippen LogP contribution in [-0.4, -0.2) is 31.6 Å². The zero-order chi connectivity index (χ0) is 24.8. The zero-order valence-corrected chi connectivity index (χ0v) is 21.9. The van der Waals surface area contributed by atoms with E-state index < -0.39 is 12.0 Å². The molecule has 1 N–H and O–H groups in total. The number of carbonyl (C=O) groups is 1. The second-order valence-corrected chi connectivity index (χ2v) is 10.1. The average Bonchev–Trinajstić information content (AvgIpc) is 3.26. The summed E-state index contributed by atoms with van der Waals surface area (Å²) in [4.78, 5) is 18.9. The van der Waals surface area contributed by atoms with Crippen LogP contribution >= 0.6 is 39.1 Å². The van der Waals surface area contributed by atoms with Crippen molar-refractivity contribution in [2.45, 2.75) is 32.1 Å². The molecule has 0 spiro atoms. The van der Waals surface area contributed by atoms with E-state index >= 15 is 0 Å². The first-order chi connectivity index (χ1) is 16.9. The Balaban J connectivity index is 1.59. The molecule has 0 saturated heterocycles. The lowest BCUT2D eigenvalue weighted by Crippen LogP contribution is -2.42. The quantitative estimate of drug-likeness (QED) is 0.230. The van der Waals surface area contributed by atoms with Crippen molar-refractivity contribution in [3.63, 3.8) is 0 Å². The van der Waals surface area contributed by atoms with Gasteiger partial charge in [0.25, 0.3) is 0 Å². The maximum atomic E-state index is 12.5. The van der Waals surface area contributed by atoms with E-state index in [-0.39, 0.29) is 6.42 Å². The molecular formula is C27H24BrCl2N3O2. The van der Waals surface area contributed by atoms with Gasteiger partial charge in [0, 0.05) is 46.8 Å². The van der Waals surface area contributed by atoms with Crippen molar-refractivity contribution in [2.75, 3.05) is 0 Å². The van der Waals surface area contributed by atoms with Crippen molar-refractivity contribution in [1.29, 1.82) is 0 Å². The fourth-order valence-electron chi connectivity index (χ4n) is 3.98. The number of nitrogens with zero attached hydrogens (tertiary/aromatic N) is 3. The third-order valence-corrected chi connectivity index (χ3v) is 6.77. The second kappa shape index (κ2) is 11.9. The molecule has 180 valence electrons. The SMILES string of the molecule is O=C(O)[C@H](Cc1cn(Cc2ccccc2)cn1)N(Cc1cccc(Br)c1)Cc1ccc(Cl)cc1Cl. The monoisotopic (exact) mass is 571 g/mol. The van der Waals surface area contributed by atoms with Gasteiger partial charge in [0.05, 0.1) is 12.0 Å². The molecule has 5 nitrogen and oxygen atoms in total. The van der Waals surface area contributed by atoms with Gasteiger partial charge in [-0.15, -0.1) is 0 Å².